The summed E-state index contributed by atoms with van der Waals surface area (Å²) in [5.74, 6) is -3.14. The Bertz CT molecular complexity index is 541. The van der Waals surface area contributed by atoms with Crippen molar-refractivity contribution in [2.75, 3.05) is 13.2 Å². The summed E-state index contributed by atoms with van der Waals surface area (Å²) in [6.45, 7) is 10.6. The first-order valence-electron chi connectivity index (χ1n) is 9.38. The van der Waals surface area contributed by atoms with Crippen LogP contribution >= 0.6 is 0 Å². The Morgan fingerprint density at radius 3 is 1.30 bits per heavy atom. The van der Waals surface area contributed by atoms with Gasteiger partial charge in [-0.05, 0) is 78.6 Å². The molecule has 0 saturated carbocycles. The van der Waals surface area contributed by atoms with Crippen LogP contribution in [0.1, 0.15) is 60.8 Å². The highest BCUT2D eigenvalue weighted by Gasteiger charge is 2.45. The fourth-order valence-electron chi connectivity index (χ4n) is 3.92. The lowest BCUT2D eigenvalue weighted by atomic mass is 9.64. The van der Waals surface area contributed by atoms with Gasteiger partial charge in [-0.1, -0.05) is 0 Å². The molecule has 1 fully saturated rings. The molecule has 3 N–H and O–H groups in total. The first kappa shape index (κ1) is 23.4. The highest BCUT2D eigenvalue weighted by Crippen LogP contribution is 2.45. The normalized spacial score (nSPS) is 24.4. The predicted molar refractivity (Wildman–Crippen MR) is 99.4 cm³/mol. The van der Waals surface area contributed by atoms with E-state index in [1.807, 2.05) is 0 Å². The van der Waals surface area contributed by atoms with Crippen LogP contribution in [-0.4, -0.2) is 46.4 Å². The quantitative estimate of drug-likeness (QED) is 0.555. The molecule has 0 aromatic rings. The molecule has 0 aliphatic carbocycles. The minimum atomic E-state index is -0.987. The van der Waals surface area contributed by atoms with E-state index >= 15 is 0 Å². The van der Waals surface area contributed by atoms with Crippen molar-refractivity contribution in [2.45, 2.75) is 60.8 Å². The van der Waals surface area contributed by atoms with E-state index in [9.17, 15) is 29.7 Å². The number of aliphatic carboxylic acids is 3. The molecule has 1 saturated heterocycles. The lowest BCUT2D eigenvalue weighted by Gasteiger charge is -2.44. The lowest BCUT2D eigenvalue weighted by molar-refractivity contribution is -0.156. The largest absolute Gasteiger partial charge is 0.481 e. The highest BCUT2D eigenvalue weighted by atomic mass is 16.5. The zero-order valence-electron chi connectivity index (χ0n) is 17.2. The van der Waals surface area contributed by atoms with Crippen LogP contribution in [0.15, 0.2) is 0 Å². The van der Waals surface area contributed by atoms with Crippen molar-refractivity contribution in [2.24, 2.45) is 34.0 Å². The van der Waals surface area contributed by atoms with Crippen LogP contribution in [-0.2, 0) is 19.1 Å². The molecule has 1 aliphatic rings. The average Bonchev–Trinajstić information content (AvgIpc) is 2.49. The van der Waals surface area contributed by atoms with E-state index in [1.165, 1.54) is 0 Å². The van der Waals surface area contributed by atoms with Crippen LogP contribution in [0.25, 0.3) is 0 Å². The molecule has 0 bridgehead atoms. The SMILES string of the molecule is CC(C)(CC1COCC(CC(C)(C)C(=O)O)C1CC(C)(C)C(=O)O)C(=O)O. The molecule has 0 aromatic carbocycles. The molecule has 1 aliphatic heterocycles. The molecule has 156 valence electrons. The van der Waals surface area contributed by atoms with Crippen LogP contribution in [0.3, 0.4) is 0 Å². The Morgan fingerprint density at radius 1 is 0.704 bits per heavy atom. The average molecular weight is 386 g/mol. The van der Waals surface area contributed by atoms with Gasteiger partial charge in [0.2, 0.25) is 0 Å². The van der Waals surface area contributed by atoms with E-state index in [2.05, 4.69) is 0 Å². The minimum Gasteiger partial charge on any atom is -0.481 e. The third-order valence-corrected chi connectivity index (χ3v) is 5.90. The maximum absolute atomic E-state index is 11.7. The standard InChI is InChI=1S/C20H34O7/c1-18(2,15(21)22)7-12-10-27-11-13(8-19(3,4)16(23)24)14(12)9-20(5,6)17(25)26/h12-14H,7-11H2,1-6H3,(H,21,22)(H,23,24)(H,25,26). The smallest absolute Gasteiger partial charge is 0.309 e. The van der Waals surface area contributed by atoms with Gasteiger partial charge in [0.05, 0.1) is 16.2 Å². The third-order valence-electron chi connectivity index (χ3n) is 5.90. The van der Waals surface area contributed by atoms with Crippen LogP contribution < -0.4 is 0 Å². The molecule has 7 nitrogen and oxygen atoms in total. The summed E-state index contributed by atoms with van der Waals surface area (Å²) in [7, 11) is 0. The Morgan fingerprint density at radius 2 is 1.00 bits per heavy atom. The molecule has 0 radical (unpaired) electrons. The van der Waals surface area contributed by atoms with Gasteiger partial charge >= 0.3 is 17.9 Å². The van der Waals surface area contributed by atoms with Crippen molar-refractivity contribution in [1.29, 1.82) is 0 Å². The molecule has 1 rings (SSSR count). The van der Waals surface area contributed by atoms with Crippen LogP contribution in [0, 0.1) is 34.0 Å². The van der Waals surface area contributed by atoms with Gasteiger partial charge in [-0.15, -0.1) is 0 Å². The number of carboxylic acids is 3. The summed E-state index contributed by atoms with van der Waals surface area (Å²) < 4.78 is 5.72. The van der Waals surface area contributed by atoms with Gasteiger partial charge in [0.25, 0.3) is 0 Å². The first-order valence-corrected chi connectivity index (χ1v) is 9.38. The Labute approximate surface area is 161 Å². The van der Waals surface area contributed by atoms with Gasteiger partial charge < -0.3 is 20.1 Å². The van der Waals surface area contributed by atoms with Gasteiger partial charge in [-0.2, -0.15) is 0 Å². The summed E-state index contributed by atoms with van der Waals surface area (Å²) in [5, 5.41) is 28.5. The Kier molecular flexibility index (Phi) is 7.08. The molecular formula is C20H34O7. The van der Waals surface area contributed by atoms with Gasteiger partial charge in [0, 0.05) is 13.2 Å². The van der Waals surface area contributed by atoms with Crippen molar-refractivity contribution < 1.29 is 34.4 Å². The van der Waals surface area contributed by atoms with Crippen molar-refractivity contribution >= 4 is 17.9 Å². The zero-order chi connectivity index (χ0) is 21.2. The predicted octanol–water partition coefficient (Wildman–Crippen LogP) is 3.37. The van der Waals surface area contributed by atoms with E-state index < -0.39 is 34.2 Å². The Hall–Kier alpha value is -1.63. The molecule has 7 heteroatoms. The summed E-state index contributed by atoms with van der Waals surface area (Å²) in [6, 6.07) is 0. The summed E-state index contributed by atoms with van der Waals surface area (Å²) in [4.78, 5) is 34.8. The molecule has 0 spiro atoms. The highest BCUT2D eigenvalue weighted by molar-refractivity contribution is 5.74. The molecule has 0 amide bonds. The number of carbonyl (C=O) groups is 3. The number of hydrogen-bond acceptors (Lipinski definition) is 4. The minimum absolute atomic E-state index is 0.123. The molecule has 27 heavy (non-hydrogen) atoms. The van der Waals surface area contributed by atoms with E-state index in [0.717, 1.165) is 0 Å². The second-order valence-electron chi connectivity index (χ2n) is 9.90. The van der Waals surface area contributed by atoms with Crippen molar-refractivity contribution in [3.8, 4) is 0 Å². The van der Waals surface area contributed by atoms with E-state index in [4.69, 9.17) is 4.74 Å². The maximum Gasteiger partial charge on any atom is 0.309 e. The van der Waals surface area contributed by atoms with Crippen LogP contribution in [0.2, 0.25) is 0 Å². The van der Waals surface area contributed by atoms with E-state index in [0.29, 0.717) is 32.5 Å². The topological polar surface area (TPSA) is 121 Å². The van der Waals surface area contributed by atoms with Gasteiger partial charge in [0.1, 0.15) is 0 Å². The molecule has 2 atom stereocenters. The molecule has 0 aromatic heterocycles. The van der Waals surface area contributed by atoms with Crippen molar-refractivity contribution in [3.63, 3.8) is 0 Å². The van der Waals surface area contributed by atoms with Gasteiger partial charge in [-0.3, -0.25) is 14.4 Å². The van der Waals surface area contributed by atoms with Crippen LogP contribution in [0.5, 0.6) is 0 Å². The second-order valence-corrected chi connectivity index (χ2v) is 9.90. The second kappa shape index (κ2) is 8.17. The molecule has 1 heterocycles. The zero-order valence-corrected chi connectivity index (χ0v) is 17.2. The third kappa shape index (κ3) is 5.92. The first-order chi connectivity index (χ1) is 12.1. The maximum atomic E-state index is 11.7. The number of rotatable bonds is 9. The van der Waals surface area contributed by atoms with Gasteiger partial charge in [0.15, 0.2) is 0 Å². The molecular weight excluding hydrogens is 352 g/mol. The Balaban J connectivity index is 3.18. The van der Waals surface area contributed by atoms with Crippen molar-refractivity contribution in [1.82, 2.24) is 0 Å². The van der Waals surface area contributed by atoms with E-state index in [-0.39, 0.29) is 17.8 Å². The number of carboxylic acid groups (broad SMARTS) is 3. The molecule has 2 unspecified atom stereocenters. The van der Waals surface area contributed by atoms with Crippen molar-refractivity contribution in [3.05, 3.63) is 0 Å². The fraction of sp³-hybridized carbons (Fsp3) is 0.850. The number of ether oxygens (including phenoxy) is 1. The van der Waals surface area contributed by atoms with E-state index in [1.54, 1.807) is 41.5 Å². The summed E-state index contributed by atoms with van der Waals surface area (Å²) in [5.41, 5.74) is -2.92. The van der Waals surface area contributed by atoms with Crippen LogP contribution in [0.4, 0.5) is 0 Å². The summed E-state index contributed by atoms with van der Waals surface area (Å²) in [6.07, 6.45) is 1.06. The van der Waals surface area contributed by atoms with Gasteiger partial charge in [-0.25, -0.2) is 0 Å². The summed E-state index contributed by atoms with van der Waals surface area (Å²) >= 11 is 0. The fourth-order valence-corrected chi connectivity index (χ4v) is 3.92. The monoisotopic (exact) mass is 386 g/mol. The lowest BCUT2D eigenvalue weighted by Crippen LogP contribution is -2.44. The number of hydrogen-bond donors (Lipinski definition) is 3.